The first-order valence-electron chi connectivity index (χ1n) is 10.0. The van der Waals surface area contributed by atoms with Crippen LogP contribution in [0.5, 0.6) is 0 Å². The molecule has 0 radical (unpaired) electrons. The van der Waals surface area contributed by atoms with Crippen LogP contribution < -0.4 is 10.6 Å². The summed E-state index contributed by atoms with van der Waals surface area (Å²) in [4.78, 5) is 18.4. The van der Waals surface area contributed by atoms with Crippen molar-refractivity contribution in [3.63, 3.8) is 0 Å². The maximum absolute atomic E-state index is 14.0. The van der Waals surface area contributed by atoms with E-state index < -0.39 is 0 Å². The van der Waals surface area contributed by atoms with Gasteiger partial charge in [0.05, 0.1) is 5.52 Å². The Kier molecular flexibility index (Phi) is 5.19. The molecule has 1 aliphatic heterocycles. The molecule has 3 atom stereocenters. The first-order valence-corrected chi connectivity index (χ1v) is 10.0. The van der Waals surface area contributed by atoms with Gasteiger partial charge in [-0.05, 0) is 63.8 Å². The number of benzene rings is 1. The number of nitrogens with zero attached hydrogens (tertiary/aromatic N) is 1. The minimum absolute atomic E-state index is 0.134. The number of nitrogens with one attached hydrogen (secondary N) is 3. The third kappa shape index (κ3) is 3.73. The number of carbonyl (C=O) groups excluding carboxylic acids is 1. The Hall–Kier alpha value is -1.92. The topological polar surface area (TPSA) is 60.2 Å². The molecular weight excluding hydrogens is 343 g/mol. The van der Waals surface area contributed by atoms with Gasteiger partial charge in [-0.25, -0.2) is 4.39 Å². The summed E-state index contributed by atoms with van der Waals surface area (Å²) in [7, 11) is 2.03. The Balaban J connectivity index is 1.42. The van der Waals surface area contributed by atoms with E-state index in [0.29, 0.717) is 28.7 Å². The molecule has 2 heterocycles. The number of amides is 1. The number of carbonyl (C=O) groups is 1. The van der Waals surface area contributed by atoms with Gasteiger partial charge in [-0.1, -0.05) is 6.07 Å². The number of fused-ring (bicyclic) bond motifs is 1. The summed E-state index contributed by atoms with van der Waals surface area (Å²) < 4.78 is 14.0. The van der Waals surface area contributed by atoms with Gasteiger partial charge < -0.3 is 15.6 Å². The first-order chi connectivity index (χ1) is 13.0. The van der Waals surface area contributed by atoms with Crippen molar-refractivity contribution in [2.45, 2.75) is 57.2 Å². The fourth-order valence-electron chi connectivity index (χ4n) is 4.69. The monoisotopic (exact) mass is 372 g/mol. The Morgan fingerprint density at radius 2 is 2.11 bits per heavy atom. The van der Waals surface area contributed by atoms with Gasteiger partial charge in [-0.15, -0.1) is 0 Å². The molecule has 1 amide bonds. The van der Waals surface area contributed by atoms with Crippen molar-refractivity contribution in [1.29, 1.82) is 0 Å². The number of hydrogen-bond acceptors (Lipinski definition) is 3. The molecule has 1 saturated heterocycles. The van der Waals surface area contributed by atoms with Crippen LogP contribution in [0.4, 0.5) is 4.39 Å². The second-order valence-electron chi connectivity index (χ2n) is 8.10. The smallest absolute Gasteiger partial charge is 0.267 e. The number of aryl methyl sites for hydroxylation is 1. The Morgan fingerprint density at radius 3 is 2.85 bits per heavy atom. The molecular formula is C21H29FN4O. The van der Waals surface area contributed by atoms with Crippen molar-refractivity contribution in [3.8, 4) is 0 Å². The van der Waals surface area contributed by atoms with Gasteiger partial charge in [-0.3, -0.25) is 9.69 Å². The zero-order valence-corrected chi connectivity index (χ0v) is 16.1. The van der Waals surface area contributed by atoms with E-state index >= 15 is 0 Å². The minimum Gasteiger partial charge on any atom is -0.350 e. The lowest BCUT2D eigenvalue weighted by molar-refractivity contribution is 0.0899. The van der Waals surface area contributed by atoms with Crippen molar-refractivity contribution in [2.75, 3.05) is 20.1 Å². The summed E-state index contributed by atoms with van der Waals surface area (Å²) >= 11 is 0. The molecule has 1 aromatic heterocycles. The highest BCUT2D eigenvalue weighted by molar-refractivity contribution is 5.99. The van der Waals surface area contributed by atoms with Gasteiger partial charge in [0.25, 0.3) is 5.91 Å². The van der Waals surface area contributed by atoms with Gasteiger partial charge in [0.2, 0.25) is 0 Å². The summed E-state index contributed by atoms with van der Waals surface area (Å²) in [5.41, 5.74) is 2.09. The maximum Gasteiger partial charge on any atom is 0.267 e. The molecule has 27 heavy (non-hydrogen) atoms. The molecule has 6 heteroatoms. The number of aromatic nitrogens is 1. The summed E-state index contributed by atoms with van der Waals surface area (Å²) in [6.45, 7) is 4.15. The van der Waals surface area contributed by atoms with Crippen LogP contribution in [-0.4, -0.2) is 54.1 Å². The molecule has 1 aromatic carbocycles. The van der Waals surface area contributed by atoms with Crippen LogP contribution in [0.15, 0.2) is 18.2 Å². The van der Waals surface area contributed by atoms with E-state index in [0.717, 1.165) is 37.9 Å². The summed E-state index contributed by atoms with van der Waals surface area (Å²) in [6.07, 6.45) is 5.55. The number of hydrogen-bond donors (Lipinski definition) is 3. The quantitative estimate of drug-likeness (QED) is 0.773. The van der Waals surface area contributed by atoms with Crippen LogP contribution in [0.25, 0.3) is 10.9 Å². The van der Waals surface area contributed by atoms with Crippen LogP contribution in [-0.2, 0) is 0 Å². The molecule has 1 aliphatic carbocycles. The normalized spacial score (nSPS) is 26.6. The van der Waals surface area contributed by atoms with Crippen LogP contribution in [0.1, 0.15) is 48.2 Å². The van der Waals surface area contributed by atoms with Crippen molar-refractivity contribution < 1.29 is 9.18 Å². The third-order valence-corrected chi connectivity index (χ3v) is 6.32. The first kappa shape index (κ1) is 18.4. The lowest BCUT2D eigenvalue weighted by atomic mass is 9.90. The van der Waals surface area contributed by atoms with Gasteiger partial charge in [0.15, 0.2) is 0 Å². The Morgan fingerprint density at radius 1 is 1.26 bits per heavy atom. The van der Waals surface area contributed by atoms with Crippen LogP contribution >= 0.6 is 0 Å². The number of halogens is 1. The summed E-state index contributed by atoms with van der Waals surface area (Å²) in [5, 5.41) is 7.04. The SMILES string of the molecule is CNC1CCN([C@@H]2CCC[C@@H](NC(=O)c3cc4c(F)ccc(C)c4[nH]3)C2)C1. The van der Waals surface area contributed by atoms with E-state index in [9.17, 15) is 9.18 Å². The molecule has 146 valence electrons. The fraction of sp³-hybridized carbons (Fsp3) is 0.571. The zero-order valence-electron chi connectivity index (χ0n) is 16.1. The number of aromatic amines is 1. The van der Waals surface area contributed by atoms with E-state index in [2.05, 4.69) is 20.5 Å². The zero-order chi connectivity index (χ0) is 19.0. The van der Waals surface area contributed by atoms with Crippen LogP contribution in [0, 0.1) is 12.7 Å². The minimum atomic E-state index is -0.295. The predicted octanol–water partition coefficient (Wildman–Crippen LogP) is 2.95. The third-order valence-electron chi connectivity index (χ3n) is 6.32. The van der Waals surface area contributed by atoms with Crippen molar-refractivity contribution in [3.05, 3.63) is 35.3 Å². The van der Waals surface area contributed by atoms with Crippen molar-refractivity contribution >= 4 is 16.8 Å². The van der Waals surface area contributed by atoms with E-state index in [4.69, 9.17) is 0 Å². The molecule has 2 fully saturated rings. The standard InChI is InChI=1S/C21H29FN4O/c1-13-6-7-18(22)17-11-19(25-20(13)17)21(27)24-14-4-3-5-16(10-14)26-9-8-15(12-26)23-2/h6-7,11,14-16,23,25H,3-5,8-10,12H2,1-2H3,(H,24,27)/t14-,15?,16-/m1/s1. The second kappa shape index (κ2) is 7.60. The van der Waals surface area contributed by atoms with Crippen molar-refractivity contribution in [1.82, 2.24) is 20.5 Å². The van der Waals surface area contributed by atoms with Gasteiger partial charge in [0.1, 0.15) is 11.5 Å². The second-order valence-corrected chi connectivity index (χ2v) is 8.10. The maximum atomic E-state index is 14.0. The number of likely N-dealkylation sites (tertiary alicyclic amines) is 1. The average molecular weight is 372 g/mol. The Labute approximate surface area is 159 Å². The van der Waals surface area contributed by atoms with Crippen LogP contribution in [0.3, 0.4) is 0 Å². The molecule has 3 N–H and O–H groups in total. The number of H-pyrrole nitrogens is 1. The molecule has 1 saturated carbocycles. The van der Waals surface area contributed by atoms with Crippen molar-refractivity contribution in [2.24, 2.45) is 0 Å². The molecule has 1 unspecified atom stereocenters. The average Bonchev–Trinajstić information content (AvgIpc) is 3.33. The highest BCUT2D eigenvalue weighted by atomic mass is 19.1. The van der Waals surface area contributed by atoms with E-state index in [1.54, 1.807) is 12.1 Å². The molecule has 5 nitrogen and oxygen atoms in total. The summed E-state index contributed by atoms with van der Waals surface area (Å²) in [6, 6.07) is 6.13. The van der Waals surface area contributed by atoms with E-state index in [1.807, 2.05) is 14.0 Å². The highest BCUT2D eigenvalue weighted by Gasteiger charge is 2.32. The molecule has 0 spiro atoms. The number of likely N-dealkylation sites (N-methyl/N-ethyl adjacent to an activating group) is 1. The molecule has 2 aromatic rings. The van der Waals surface area contributed by atoms with Gasteiger partial charge in [0, 0.05) is 36.6 Å². The lowest BCUT2D eigenvalue weighted by Gasteiger charge is -2.35. The fourth-order valence-corrected chi connectivity index (χ4v) is 4.69. The van der Waals surface area contributed by atoms with E-state index in [1.165, 1.54) is 18.9 Å². The predicted molar refractivity (Wildman–Crippen MR) is 106 cm³/mol. The van der Waals surface area contributed by atoms with Gasteiger partial charge >= 0.3 is 0 Å². The summed E-state index contributed by atoms with van der Waals surface area (Å²) in [5.74, 6) is -0.429. The highest BCUT2D eigenvalue weighted by Crippen LogP contribution is 2.27. The van der Waals surface area contributed by atoms with E-state index in [-0.39, 0.29) is 17.8 Å². The Bertz CT molecular complexity index is 794. The largest absolute Gasteiger partial charge is 0.350 e. The molecule has 4 rings (SSSR count). The van der Waals surface area contributed by atoms with Gasteiger partial charge in [-0.2, -0.15) is 0 Å². The lowest BCUT2D eigenvalue weighted by Crippen LogP contribution is -2.46. The van der Waals surface area contributed by atoms with Crippen LogP contribution in [0.2, 0.25) is 0 Å². The molecule has 0 bridgehead atoms. The number of rotatable bonds is 4. The molecule has 2 aliphatic rings.